The highest BCUT2D eigenvalue weighted by Gasteiger charge is 2.62. The Morgan fingerprint density at radius 3 is 2.39 bits per heavy atom. The Kier molecular flexibility index (Phi) is 3.25. The Balaban J connectivity index is 1.72. The molecule has 0 unspecified atom stereocenters. The molecule has 0 aromatic carbocycles. The van der Waals surface area contributed by atoms with Crippen LogP contribution in [-0.2, 0) is 4.79 Å². The average Bonchev–Trinajstić information content (AvgIpc) is 2.74. The van der Waals surface area contributed by atoms with E-state index < -0.39 is 5.60 Å². The van der Waals surface area contributed by atoms with E-state index in [-0.39, 0.29) is 10.8 Å². The van der Waals surface area contributed by atoms with E-state index in [0.29, 0.717) is 11.7 Å². The number of carbonyl (C=O) groups excluding carboxylic acids is 1. The Morgan fingerprint density at radius 1 is 0.957 bits per heavy atom. The van der Waals surface area contributed by atoms with Gasteiger partial charge in [0.1, 0.15) is 0 Å². The fraction of sp³-hybridized carbons (Fsp3) is 0.857. The van der Waals surface area contributed by atoms with Gasteiger partial charge in [-0.25, -0.2) is 0 Å². The molecule has 128 valence electrons. The molecule has 1 N–H and O–H groups in total. The van der Waals surface area contributed by atoms with E-state index in [0.717, 1.165) is 49.5 Å². The molecule has 0 radical (unpaired) electrons. The second-order valence-corrected chi connectivity index (χ2v) is 9.63. The van der Waals surface area contributed by atoms with Crippen LogP contribution in [0.25, 0.3) is 0 Å². The van der Waals surface area contributed by atoms with Crippen LogP contribution in [0.1, 0.15) is 79.1 Å². The molecule has 0 aromatic heterocycles. The van der Waals surface area contributed by atoms with E-state index in [9.17, 15) is 9.90 Å². The smallest absolute Gasteiger partial charge is 0.158 e. The molecule has 0 amide bonds. The number of hydrogen-bond acceptors (Lipinski definition) is 2. The number of Topliss-reactive ketones (excluding diaryl/α,β-unsaturated/α-hetero) is 1. The lowest BCUT2D eigenvalue weighted by Gasteiger charge is -2.59. The quantitative estimate of drug-likeness (QED) is 0.706. The minimum absolute atomic E-state index is 0.102. The van der Waals surface area contributed by atoms with Crippen LogP contribution in [0.5, 0.6) is 0 Å². The second-order valence-electron chi connectivity index (χ2n) is 9.63. The van der Waals surface area contributed by atoms with E-state index in [2.05, 4.69) is 27.7 Å². The summed E-state index contributed by atoms with van der Waals surface area (Å²) in [6.45, 7) is 8.95. The van der Waals surface area contributed by atoms with Crippen molar-refractivity contribution in [1.29, 1.82) is 0 Å². The summed E-state index contributed by atoms with van der Waals surface area (Å²) in [6, 6.07) is 0. The molecule has 4 rings (SSSR count). The molecule has 0 spiro atoms. The fourth-order valence-electron chi connectivity index (χ4n) is 7.23. The van der Waals surface area contributed by atoms with Crippen molar-refractivity contribution in [3.63, 3.8) is 0 Å². The van der Waals surface area contributed by atoms with Crippen LogP contribution in [0.3, 0.4) is 0 Å². The Hall–Kier alpha value is -0.630. The molecule has 3 saturated carbocycles. The number of ketones is 1. The number of hydrogen-bond donors (Lipinski definition) is 1. The third kappa shape index (κ3) is 1.88. The first-order valence-electron chi connectivity index (χ1n) is 9.66. The molecule has 4 aliphatic rings. The summed E-state index contributed by atoms with van der Waals surface area (Å²) >= 11 is 0. The van der Waals surface area contributed by atoms with E-state index in [1.807, 2.05) is 0 Å². The largest absolute Gasteiger partial charge is 0.390 e. The number of allylic oxidation sites excluding steroid dienone is 1. The van der Waals surface area contributed by atoms with Gasteiger partial charge in [-0.15, -0.1) is 0 Å². The molecule has 2 nitrogen and oxygen atoms in total. The lowest BCUT2D eigenvalue weighted by Crippen LogP contribution is -2.54. The summed E-state index contributed by atoms with van der Waals surface area (Å²) in [6.07, 6.45) is 8.69. The maximum absolute atomic E-state index is 12.2. The molecule has 0 bridgehead atoms. The van der Waals surface area contributed by atoms with Crippen LogP contribution in [0.15, 0.2) is 11.1 Å². The highest BCUT2D eigenvalue weighted by Crippen LogP contribution is 2.67. The third-order valence-electron chi connectivity index (χ3n) is 8.98. The minimum Gasteiger partial charge on any atom is -0.390 e. The molecular weight excluding hydrogens is 284 g/mol. The standard InChI is InChI=1S/C21H32O2/c1-13-15-6-5-14-16(19(15,2)10-9-18(13)22)7-11-20(3)17(14)8-12-21(20,4)23/h14,16-17,23H,5-12H2,1-4H3/t14-,16+,17+,19-,20-,21-/m0/s1. The van der Waals surface area contributed by atoms with Crippen LogP contribution < -0.4 is 0 Å². The zero-order valence-electron chi connectivity index (χ0n) is 15.2. The molecular formula is C21H32O2. The van der Waals surface area contributed by atoms with Crippen LogP contribution >= 0.6 is 0 Å². The van der Waals surface area contributed by atoms with Gasteiger partial charge in [-0.2, -0.15) is 0 Å². The zero-order valence-corrected chi connectivity index (χ0v) is 15.2. The van der Waals surface area contributed by atoms with Crippen molar-refractivity contribution in [1.82, 2.24) is 0 Å². The van der Waals surface area contributed by atoms with Gasteiger partial charge in [0, 0.05) is 6.42 Å². The summed E-state index contributed by atoms with van der Waals surface area (Å²) in [4.78, 5) is 12.2. The first kappa shape index (κ1) is 15.9. The molecule has 3 fully saturated rings. The molecule has 2 heteroatoms. The zero-order chi connectivity index (χ0) is 16.6. The van der Waals surface area contributed by atoms with Gasteiger partial charge in [-0.1, -0.05) is 19.4 Å². The van der Waals surface area contributed by atoms with Gasteiger partial charge in [0.05, 0.1) is 5.60 Å². The molecule has 0 aliphatic heterocycles. The van der Waals surface area contributed by atoms with Gasteiger partial charge in [0.15, 0.2) is 5.78 Å². The minimum atomic E-state index is -0.488. The monoisotopic (exact) mass is 316 g/mol. The van der Waals surface area contributed by atoms with E-state index in [1.165, 1.54) is 24.8 Å². The topological polar surface area (TPSA) is 37.3 Å². The predicted molar refractivity (Wildman–Crippen MR) is 92.0 cm³/mol. The lowest BCUT2D eigenvalue weighted by molar-refractivity contribution is -0.125. The predicted octanol–water partition coefficient (Wildman–Crippen LogP) is 4.66. The first-order chi connectivity index (χ1) is 10.7. The summed E-state index contributed by atoms with van der Waals surface area (Å²) in [5, 5.41) is 11.0. The van der Waals surface area contributed by atoms with Gasteiger partial charge < -0.3 is 5.11 Å². The molecule has 6 atom stereocenters. The highest BCUT2D eigenvalue weighted by atomic mass is 16.3. The van der Waals surface area contributed by atoms with Gasteiger partial charge in [0.25, 0.3) is 0 Å². The van der Waals surface area contributed by atoms with Gasteiger partial charge in [-0.05, 0) is 93.0 Å². The van der Waals surface area contributed by atoms with Crippen molar-refractivity contribution in [2.45, 2.75) is 84.7 Å². The van der Waals surface area contributed by atoms with Crippen LogP contribution in [0, 0.1) is 28.6 Å². The van der Waals surface area contributed by atoms with Gasteiger partial charge in [-0.3, -0.25) is 4.79 Å². The summed E-state index contributed by atoms with van der Waals surface area (Å²) in [5.41, 5.74) is 2.44. The van der Waals surface area contributed by atoms with Crippen molar-refractivity contribution in [2.75, 3.05) is 0 Å². The Morgan fingerprint density at radius 2 is 1.65 bits per heavy atom. The van der Waals surface area contributed by atoms with Crippen molar-refractivity contribution in [3.05, 3.63) is 11.1 Å². The fourth-order valence-corrected chi connectivity index (χ4v) is 7.23. The molecule has 0 saturated heterocycles. The second kappa shape index (κ2) is 4.71. The number of fused-ring (bicyclic) bond motifs is 5. The summed E-state index contributed by atoms with van der Waals surface area (Å²) in [7, 11) is 0. The molecule has 23 heavy (non-hydrogen) atoms. The van der Waals surface area contributed by atoms with Crippen molar-refractivity contribution >= 4 is 5.78 Å². The van der Waals surface area contributed by atoms with Crippen molar-refractivity contribution < 1.29 is 9.90 Å². The van der Waals surface area contributed by atoms with E-state index in [1.54, 1.807) is 0 Å². The van der Waals surface area contributed by atoms with Gasteiger partial charge >= 0.3 is 0 Å². The Bertz CT molecular complexity index is 587. The maximum Gasteiger partial charge on any atom is 0.158 e. The number of carbonyl (C=O) groups is 1. The highest BCUT2D eigenvalue weighted by molar-refractivity contribution is 5.96. The molecule has 0 heterocycles. The SMILES string of the molecule is CC1=C2CC[C@H]3[C@@H](CC[C@@]4(C)[C@@H]3CC[C@]4(C)O)[C@@]2(C)CCC1=O. The van der Waals surface area contributed by atoms with Crippen LogP contribution in [0.4, 0.5) is 0 Å². The molecule has 4 aliphatic carbocycles. The normalized spacial score (nSPS) is 52.9. The average molecular weight is 316 g/mol. The maximum atomic E-state index is 12.2. The molecule has 0 aromatic rings. The van der Waals surface area contributed by atoms with Crippen molar-refractivity contribution in [3.8, 4) is 0 Å². The summed E-state index contributed by atoms with van der Waals surface area (Å²) < 4.78 is 0. The van der Waals surface area contributed by atoms with Crippen molar-refractivity contribution in [2.24, 2.45) is 28.6 Å². The van der Waals surface area contributed by atoms with Gasteiger partial charge in [0.2, 0.25) is 0 Å². The number of aliphatic hydroxyl groups is 1. The number of rotatable bonds is 0. The third-order valence-corrected chi connectivity index (χ3v) is 8.98. The van der Waals surface area contributed by atoms with Crippen LogP contribution in [0.2, 0.25) is 0 Å². The first-order valence-corrected chi connectivity index (χ1v) is 9.66. The van der Waals surface area contributed by atoms with E-state index in [4.69, 9.17) is 0 Å². The summed E-state index contributed by atoms with van der Waals surface area (Å²) in [5.74, 6) is 2.53. The Labute approximate surface area is 140 Å². The van der Waals surface area contributed by atoms with Crippen LogP contribution in [-0.4, -0.2) is 16.5 Å². The lowest BCUT2D eigenvalue weighted by atomic mass is 9.46. The van der Waals surface area contributed by atoms with E-state index >= 15 is 0 Å².